The lowest BCUT2D eigenvalue weighted by Gasteiger charge is -2.32. The van der Waals surface area contributed by atoms with Crippen molar-refractivity contribution in [1.82, 2.24) is 9.97 Å². The highest BCUT2D eigenvalue weighted by Gasteiger charge is 2.52. The minimum atomic E-state index is -0.505. The van der Waals surface area contributed by atoms with E-state index in [0.29, 0.717) is 11.5 Å². The number of oxazole rings is 1. The van der Waals surface area contributed by atoms with Crippen LogP contribution in [0.4, 0.5) is 0 Å². The molecule has 5 nitrogen and oxygen atoms in total. The van der Waals surface area contributed by atoms with Crippen LogP contribution in [0.2, 0.25) is 0 Å². The average Bonchev–Trinajstić information content (AvgIpc) is 2.94. The highest BCUT2D eigenvalue weighted by Crippen LogP contribution is 2.36. The van der Waals surface area contributed by atoms with Crippen LogP contribution in [-0.2, 0) is 9.31 Å². The Morgan fingerprint density at radius 3 is 2.40 bits per heavy atom. The van der Waals surface area contributed by atoms with Crippen LogP contribution in [-0.4, -0.2) is 28.3 Å². The van der Waals surface area contributed by atoms with Gasteiger partial charge in [-0.05, 0) is 39.8 Å². The van der Waals surface area contributed by atoms with Gasteiger partial charge in [0.25, 0.3) is 0 Å². The molecule has 2 aromatic rings. The van der Waals surface area contributed by atoms with Gasteiger partial charge in [0.1, 0.15) is 11.9 Å². The largest absolute Gasteiger partial charge is 0.517 e. The summed E-state index contributed by atoms with van der Waals surface area (Å²) in [6, 6.07) is 3.74. The first kappa shape index (κ1) is 13.3. The standard InChI is InChI=1S/C14H17BN2O3/c1-13(2)14(3,4)20-15(19-13)11-9-18-12(17-11)10-6-5-7-16-8-10/h5-9H,1-4H3. The minimum absolute atomic E-state index is 0.384. The molecule has 0 atom stereocenters. The van der Waals surface area contributed by atoms with Gasteiger partial charge >= 0.3 is 7.12 Å². The van der Waals surface area contributed by atoms with E-state index in [1.165, 1.54) is 0 Å². The Bertz CT molecular complexity index is 594. The van der Waals surface area contributed by atoms with E-state index in [1.54, 1.807) is 18.7 Å². The van der Waals surface area contributed by atoms with Gasteiger partial charge in [-0.3, -0.25) is 4.98 Å². The second kappa shape index (κ2) is 4.43. The lowest BCUT2D eigenvalue weighted by atomic mass is 9.86. The molecule has 1 fully saturated rings. The molecule has 0 radical (unpaired) electrons. The molecule has 0 spiro atoms. The van der Waals surface area contributed by atoms with Gasteiger partial charge < -0.3 is 13.7 Å². The first-order valence-corrected chi connectivity index (χ1v) is 6.60. The summed E-state index contributed by atoms with van der Waals surface area (Å²) in [6.07, 6.45) is 4.99. The van der Waals surface area contributed by atoms with Crippen molar-refractivity contribution < 1.29 is 13.7 Å². The SMILES string of the molecule is CC1(C)OB(c2coc(-c3cccnc3)n2)OC1(C)C. The molecule has 0 aliphatic carbocycles. The number of hydrogen-bond acceptors (Lipinski definition) is 5. The summed E-state index contributed by atoms with van der Waals surface area (Å²) in [6.45, 7) is 8.04. The van der Waals surface area contributed by atoms with E-state index in [0.717, 1.165) is 5.56 Å². The smallest absolute Gasteiger partial charge is 0.445 e. The second-order valence-corrected chi connectivity index (χ2v) is 5.91. The Morgan fingerprint density at radius 1 is 1.10 bits per heavy atom. The highest BCUT2D eigenvalue weighted by atomic mass is 16.7. The number of rotatable bonds is 2. The van der Waals surface area contributed by atoms with E-state index < -0.39 is 7.12 Å². The fourth-order valence-corrected chi connectivity index (χ4v) is 1.98. The molecule has 0 N–H and O–H groups in total. The lowest BCUT2D eigenvalue weighted by Crippen LogP contribution is -2.41. The number of aromatic nitrogens is 2. The molecule has 3 rings (SSSR count). The van der Waals surface area contributed by atoms with Gasteiger partial charge in [-0.25, -0.2) is 4.98 Å². The van der Waals surface area contributed by atoms with Crippen molar-refractivity contribution in [2.24, 2.45) is 0 Å². The van der Waals surface area contributed by atoms with Gasteiger partial charge in [-0.15, -0.1) is 0 Å². The van der Waals surface area contributed by atoms with E-state index >= 15 is 0 Å². The monoisotopic (exact) mass is 272 g/mol. The quantitative estimate of drug-likeness (QED) is 0.783. The summed E-state index contributed by atoms with van der Waals surface area (Å²) in [7, 11) is -0.505. The van der Waals surface area contributed by atoms with E-state index in [-0.39, 0.29) is 11.2 Å². The van der Waals surface area contributed by atoms with E-state index in [1.807, 2.05) is 39.8 Å². The van der Waals surface area contributed by atoms with Crippen molar-refractivity contribution in [2.45, 2.75) is 38.9 Å². The summed E-state index contributed by atoms with van der Waals surface area (Å²) in [5, 5.41) is 0. The van der Waals surface area contributed by atoms with Gasteiger partial charge in [0.2, 0.25) is 5.89 Å². The second-order valence-electron chi connectivity index (χ2n) is 5.91. The molecule has 6 heteroatoms. The van der Waals surface area contributed by atoms with Gasteiger partial charge in [0, 0.05) is 12.4 Å². The Balaban J connectivity index is 1.86. The van der Waals surface area contributed by atoms with E-state index in [9.17, 15) is 0 Å². The maximum atomic E-state index is 5.94. The molecular formula is C14H17BN2O3. The van der Waals surface area contributed by atoms with E-state index in [4.69, 9.17) is 13.7 Å². The predicted octanol–water partition coefficient (Wildman–Crippen LogP) is 2.04. The van der Waals surface area contributed by atoms with Crippen molar-refractivity contribution in [2.75, 3.05) is 0 Å². The summed E-state index contributed by atoms with van der Waals surface area (Å²) in [5.41, 5.74) is 0.702. The molecule has 0 bridgehead atoms. The number of pyridine rings is 1. The average molecular weight is 272 g/mol. The third-order valence-corrected chi connectivity index (χ3v) is 3.93. The molecule has 104 valence electrons. The Labute approximate surface area is 118 Å². The van der Waals surface area contributed by atoms with Crippen LogP contribution in [0.1, 0.15) is 27.7 Å². The van der Waals surface area contributed by atoms with Crippen molar-refractivity contribution in [3.8, 4) is 11.5 Å². The molecule has 1 aliphatic heterocycles. The molecule has 3 heterocycles. The van der Waals surface area contributed by atoms with Gasteiger partial charge in [-0.2, -0.15) is 0 Å². The minimum Gasteiger partial charge on any atom is -0.445 e. The molecule has 1 saturated heterocycles. The fraction of sp³-hybridized carbons (Fsp3) is 0.429. The van der Waals surface area contributed by atoms with Crippen molar-refractivity contribution in [3.63, 3.8) is 0 Å². The third kappa shape index (κ3) is 2.15. The normalized spacial score (nSPS) is 20.3. The Hall–Kier alpha value is -1.66. The van der Waals surface area contributed by atoms with Crippen LogP contribution >= 0.6 is 0 Å². The molecule has 1 aliphatic rings. The van der Waals surface area contributed by atoms with Crippen LogP contribution in [0.3, 0.4) is 0 Å². The van der Waals surface area contributed by atoms with E-state index in [2.05, 4.69) is 9.97 Å². The zero-order valence-corrected chi connectivity index (χ0v) is 12.1. The molecular weight excluding hydrogens is 255 g/mol. The van der Waals surface area contributed by atoms with Gasteiger partial charge in [0.05, 0.1) is 16.8 Å². The molecule has 0 saturated carbocycles. The van der Waals surface area contributed by atoms with Crippen molar-refractivity contribution >= 4 is 12.7 Å². The summed E-state index contributed by atoms with van der Waals surface area (Å²) in [5.74, 6) is 0.516. The molecule has 0 unspecified atom stereocenters. The first-order valence-electron chi connectivity index (χ1n) is 6.60. The molecule has 2 aromatic heterocycles. The highest BCUT2D eigenvalue weighted by molar-refractivity contribution is 6.61. The maximum Gasteiger partial charge on any atom is 0.517 e. The van der Waals surface area contributed by atoms with Crippen LogP contribution in [0, 0.1) is 0 Å². The fourth-order valence-electron chi connectivity index (χ4n) is 1.98. The molecule has 0 amide bonds. The Kier molecular flexibility index (Phi) is 2.95. The van der Waals surface area contributed by atoms with Crippen LogP contribution < -0.4 is 5.59 Å². The molecule has 20 heavy (non-hydrogen) atoms. The summed E-state index contributed by atoms with van der Waals surface area (Å²) in [4.78, 5) is 8.49. The Morgan fingerprint density at radius 2 is 1.80 bits per heavy atom. The lowest BCUT2D eigenvalue weighted by molar-refractivity contribution is 0.00578. The van der Waals surface area contributed by atoms with Crippen LogP contribution in [0.5, 0.6) is 0 Å². The topological polar surface area (TPSA) is 57.4 Å². The summed E-state index contributed by atoms with van der Waals surface area (Å²) < 4.78 is 17.4. The summed E-state index contributed by atoms with van der Waals surface area (Å²) >= 11 is 0. The van der Waals surface area contributed by atoms with Crippen LogP contribution in [0.25, 0.3) is 11.5 Å². The first-order chi connectivity index (χ1) is 9.39. The number of hydrogen-bond donors (Lipinski definition) is 0. The molecule has 0 aromatic carbocycles. The van der Waals surface area contributed by atoms with Gasteiger partial charge in [0.15, 0.2) is 0 Å². The van der Waals surface area contributed by atoms with Gasteiger partial charge in [-0.1, -0.05) is 0 Å². The third-order valence-electron chi connectivity index (χ3n) is 3.93. The zero-order valence-electron chi connectivity index (χ0n) is 12.1. The maximum absolute atomic E-state index is 5.94. The van der Waals surface area contributed by atoms with Crippen molar-refractivity contribution in [1.29, 1.82) is 0 Å². The zero-order chi connectivity index (χ0) is 14.4. The van der Waals surface area contributed by atoms with Crippen molar-refractivity contribution in [3.05, 3.63) is 30.8 Å². The van der Waals surface area contributed by atoms with Crippen LogP contribution in [0.15, 0.2) is 35.2 Å². The predicted molar refractivity (Wildman–Crippen MR) is 75.5 cm³/mol. The number of nitrogens with zero attached hydrogens (tertiary/aromatic N) is 2.